The number of aromatic nitrogens is 4. The fourth-order valence-corrected chi connectivity index (χ4v) is 3.38. The Hall–Kier alpha value is -2.50. The molecule has 0 aliphatic carbocycles. The molecule has 6 heteroatoms. The number of halogens is 1. The highest BCUT2D eigenvalue weighted by Crippen LogP contribution is 2.33. The van der Waals surface area contributed by atoms with Gasteiger partial charge in [-0.25, -0.2) is 9.37 Å². The summed E-state index contributed by atoms with van der Waals surface area (Å²) >= 11 is 0. The van der Waals surface area contributed by atoms with Crippen LogP contribution in [0.5, 0.6) is 0 Å². The second-order valence-electron chi connectivity index (χ2n) is 6.08. The van der Waals surface area contributed by atoms with Crippen molar-refractivity contribution in [3.05, 3.63) is 47.9 Å². The van der Waals surface area contributed by atoms with E-state index in [1.165, 1.54) is 6.07 Å². The fraction of sp³-hybridized carbons (Fsp3) is 0.353. The van der Waals surface area contributed by atoms with Crippen LogP contribution in [0.3, 0.4) is 0 Å². The Kier molecular flexibility index (Phi) is 3.44. The summed E-state index contributed by atoms with van der Waals surface area (Å²) in [6.45, 7) is 3.81. The van der Waals surface area contributed by atoms with Gasteiger partial charge in [0.2, 0.25) is 0 Å². The number of hydrogen-bond donors (Lipinski definition) is 1. The number of fused-ring (bicyclic) bond motifs is 1. The molecular weight excluding hydrogens is 293 g/mol. The maximum atomic E-state index is 13.7. The van der Waals surface area contributed by atoms with Crippen LogP contribution in [0.1, 0.15) is 30.3 Å². The molecule has 0 saturated carbocycles. The lowest BCUT2D eigenvalue weighted by Crippen LogP contribution is -2.33. The maximum Gasteiger partial charge on any atom is 0.137 e. The van der Waals surface area contributed by atoms with Crippen LogP contribution in [-0.4, -0.2) is 33.3 Å². The van der Waals surface area contributed by atoms with Crippen LogP contribution in [-0.2, 0) is 0 Å². The summed E-state index contributed by atoms with van der Waals surface area (Å²) in [7, 11) is 0. The Balaban J connectivity index is 1.64. The average Bonchev–Trinajstić information content (AvgIpc) is 3.09. The van der Waals surface area contributed by atoms with Crippen LogP contribution in [0.4, 0.5) is 10.1 Å². The van der Waals surface area contributed by atoms with Crippen molar-refractivity contribution < 1.29 is 4.39 Å². The van der Waals surface area contributed by atoms with Crippen molar-refractivity contribution in [2.75, 3.05) is 18.0 Å². The van der Waals surface area contributed by atoms with Crippen molar-refractivity contribution >= 4 is 16.6 Å². The van der Waals surface area contributed by atoms with Gasteiger partial charge in [-0.1, -0.05) is 0 Å². The molecule has 1 saturated heterocycles. The van der Waals surface area contributed by atoms with E-state index < -0.39 is 0 Å². The molecule has 2 aromatic heterocycles. The molecule has 0 atom stereocenters. The Morgan fingerprint density at radius 2 is 2.04 bits per heavy atom. The van der Waals surface area contributed by atoms with Crippen LogP contribution < -0.4 is 4.90 Å². The quantitative estimate of drug-likeness (QED) is 0.789. The van der Waals surface area contributed by atoms with Gasteiger partial charge in [0.25, 0.3) is 0 Å². The molecule has 0 amide bonds. The van der Waals surface area contributed by atoms with Crippen LogP contribution in [0.15, 0.2) is 30.6 Å². The number of nitrogens with zero attached hydrogens (tertiary/aromatic N) is 4. The number of piperidine rings is 1. The number of nitrogens with one attached hydrogen (secondary N) is 1. The summed E-state index contributed by atoms with van der Waals surface area (Å²) in [5.41, 5.74) is 2.87. The molecule has 1 aromatic carbocycles. The number of rotatable bonds is 2. The first-order chi connectivity index (χ1) is 11.2. The van der Waals surface area contributed by atoms with Gasteiger partial charge >= 0.3 is 0 Å². The van der Waals surface area contributed by atoms with Crippen LogP contribution in [0.25, 0.3) is 10.9 Å². The molecule has 4 rings (SSSR count). The van der Waals surface area contributed by atoms with E-state index in [2.05, 4.69) is 31.1 Å². The molecule has 1 aliphatic heterocycles. The molecule has 0 unspecified atom stereocenters. The second-order valence-corrected chi connectivity index (χ2v) is 6.08. The molecule has 3 heterocycles. The summed E-state index contributed by atoms with van der Waals surface area (Å²) in [4.78, 5) is 11.1. The zero-order valence-electron chi connectivity index (χ0n) is 13.0. The van der Waals surface area contributed by atoms with E-state index in [4.69, 9.17) is 0 Å². The number of aryl methyl sites for hydroxylation is 1. The van der Waals surface area contributed by atoms with E-state index in [0.29, 0.717) is 5.92 Å². The van der Waals surface area contributed by atoms with E-state index in [1.807, 2.05) is 6.92 Å². The number of anilines is 1. The topological polar surface area (TPSA) is 57.7 Å². The van der Waals surface area contributed by atoms with Crippen molar-refractivity contribution in [3.63, 3.8) is 0 Å². The first-order valence-electron chi connectivity index (χ1n) is 7.88. The van der Waals surface area contributed by atoms with E-state index in [-0.39, 0.29) is 5.82 Å². The van der Waals surface area contributed by atoms with Crippen molar-refractivity contribution in [1.29, 1.82) is 0 Å². The van der Waals surface area contributed by atoms with E-state index in [0.717, 1.165) is 54.0 Å². The van der Waals surface area contributed by atoms with Crippen molar-refractivity contribution in [2.45, 2.75) is 25.7 Å². The number of H-pyrrole nitrogens is 1. The van der Waals surface area contributed by atoms with E-state index in [1.54, 1.807) is 18.5 Å². The fourth-order valence-electron chi connectivity index (χ4n) is 3.38. The van der Waals surface area contributed by atoms with Gasteiger partial charge in [-0.3, -0.25) is 10.1 Å². The minimum atomic E-state index is -0.221. The van der Waals surface area contributed by atoms with E-state index in [9.17, 15) is 4.39 Å². The highest BCUT2D eigenvalue weighted by molar-refractivity contribution is 5.92. The third-order valence-corrected chi connectivity index (χ3v) is 4.53. The van der Waals surface area contributed by atoms with Crippen LogP contribution in [0, 0.1) is 12.7 Å². The van der Waals surface area contributed by atoms with Crippen molar-refractivity contribution in [3.8, 4) is 0 Å². The van der Waals surface area contributed by atoms with Gasteiger partial charge in [0.15, 0.2) is 0 Å². The molecule has 1 N–H and O–H groups in total. The summed E-state index contributed by atoms with van der Waals surface area (Å²) in [5.74, 6) is 1.16. The Morgan fingerprint density at radius 1 is 1.22 bits per heavy atom. The summed E-state index contributed by atoms with van der Waals surface area (Å²) < 4.78 is 13.7. The smallest absolute Gasteiger partial charge is 0.137 e. The summed E-state index contributed by atoms with van der Waals surface area (Å²) in [6, 6.07) is 6.85. The minimum absolute atomic E-state index is 0.221. The van der Waals surface area contributed by atoms with Crippen molar-refractivity contribution in [2.24, 2.45) is 0 Å². The third kappa shape index (κ3) is 2.65. The molecule has 0 spiro atoms. The second kappa shape index (κ2) is 5.61. The van der Waals surface area contributed by atoms with Crippen LogP contribution in [0.2, 0.25) is 0 Å². The lowest BCUT2D eigenvalue weighted by molar-refractivity contribution is 0.487. The largest absolute Gasteiger partial charge is 0.371 e. The van der Waals surface area contributed by atoms with Gasteiger partial charge < -0.3 is 4.90 Å². The zero-order chi connectivity index (χ0) is 15.8. The first kappa shape index (κ1) is 14.1. The predicted octanol–water partition coefficient (Wildman–Crippen LogP) is 3.18. The molecule has 0 bridgehead atoms. The van der Waals surface area contributed by atoms with Gasteiger partial charge in [-0.15, -0.1) is 0 Å². The lowest BCUT2D eigenvalue weighted by Gasteiger charge is -2.33. The van der Waals surface area contributed by atoms with Gasteiger partial charge in [0.1, 0.15) is 18.0 Å². The summed E-state index contributed by atoms with van der Waals surface area (Å²) in [5, 5.41) is 7.79. The summed E-state index contributed by atoms with van der Waals surface area (Å²) in [6.07, 6.45) is 3.57. The number of benzene rings is 1. The van der Waals surface area contributed by atoms with Gasteiger partial charge in [0, 0.05) is 35.8 Å². The molecule has 1 aliphatic rings. The number of aromatic amines is 1. The van der Waals surface area contributed by atoms with Crippen molar-refractivity contribution in [1.82, 2.24) is 20.2 Å². The molecule has 5 nitrogen and oxygen atoms in total. The predicted molar refractivity (Wildman–Crippen MR) is 87.0 cm³/mol. The van der Waals surface area contributed by atoms with Gasteiger partial charge in [0.05, 0.1) is 5.52 Å². The molecular formula is C17H18FN5. The minimum Gasteiger partial charge on any atom is -0.371 e. The van der Waals surface area contributed by atoms with Gasteiger partial charge in [-0.2, -0.15) is 5.10 Å². The maximum absolute atomic E-state index is 13.7. The third-order valence-electron chi connectivity index (χ3n) is 4.53. The number of pyridine rings is 1. The standard InChI is InChI=1S/C17H18FN5/c1-11-8-16(14-9-13(18)2-3-15(14)21-11)23-6-4-12(5-7-23)17-19-10-20-22-17/h2-3,8-10,12H,4-7H2,1H3,(H,19,20,22). The highest BCUT2D eigenvalue weighted by atomic mass is 19.1. The first-order valence-corrected chi connectivity index (χ1v) is 7.88. The Bertz CT molecular complexity index is 822. The SMILES string of the molecule is Cc1cc(N2CCC(c3ncn[nH]3)CC2)c2cc(F)ccc2n1. The molecule has 23 heavy (non-hydrogen) atoms. The highest BCUT2D eigenvalue weighted by Gasteiger charge is 2.24. The molecule has 3 aromatic rings. The monoisotopic (exact) mass is 311 g/mol. The molecule has 118 valence electrons. The Morgan fingerprint density at radius 3 is 2.78 bits per heavy atom. The van der Waals surface area contributed by atoms with E-state index >= 15 is 0 Å². The number of hydrogen-bond acceptors (Lipinski definition) is 4. The normalized spacial score (nSPS) is 16.2. The lowest BCUT2D eigenvalue weighted by atomic mass is 9.95. The van der Waals surface area contributed by atoms with Gasteiger partial charge in [-0.05, 0) is 44.0 Å². The average molecular weight is 311 g/mol. The Labute approximate surface area is 133 Å². The zero-order valence-corrected chi connectivity index (χ0v) is 13.0. The molecule has 1 fully saturated rings. The molecule has 0 radical (unpaired) electrons. The van der Waals surface area contributed by atoms with Crippen LogP contribution >= 0.6 is 0 Å².